The Bertz CT molecular complexity index is 1940. The van der Waals surface area contributed by atoms with E-state index in [0.29, 0.717) is 65.8 Å². The van der Waals surface area contributed by atoms with Gasteiger partial charge in [0.2, 0.25) is 5.91 Å². The molecule has 0 fully saturated rings. The summed E-state index contributed by atoms with van der Waals surface area (Å²) in [5, 5.41) is 15.8. The first-order valence-electron chi connectivity index (χ1n) is 14.3. The largest absolute Gasteiger partial charge is 0.383 e. The molecule has 2 atom stereocenters. The Morgan fingerprint density at radius 1 is 1.09 bits per heavy atom. The molecule has 5 heterocycles. The number of nitrogens with one attached hydrogen (secondary N) is 1. The first-order valence-corrected chi connectivity index (χ1v) is 15.1. The van der Waals surface area contributed by atoms with E-state index in [-0.39, 0.29) is 22.5 Å². The molecule has 0 aliphatic carbocycles. The van der Waals surface area contributed by atoms with Crippen molar-refractivity contribution < 1.29 is 13.9 Å². The predicted octanol–water partition coefficient (Wildman–Crippen LogP) is 5.79. The fourth-order valence-corrected chi connectivity index (χ4v) is 5.90. The molecular weight excluding hydrogens is 622 g/mol. The van der Waals surface area contributed by atoms with Crippen LogP contribution in [0.4, 0.5) is 10.1 Å². The van der Waals surface area contributed by atoms with Crippen LogP contribution in [0.1, 0.15) is 37.9 Å². The van der Waals surface area contributed by atoms with Gasteiger partial charge in [-0.05, 0) is 43.2 Å². The first-order chi connectivity index (χ1) is 21.7. The van der Waals surface area contributed by atoms with E-state index in [1.54, 1.807) is 42.4 Å². The summed E-state index contributed by atoms with van der Waals surface area (Å²) in [6, 6.07) is 9.15. The molecule has 11 nitrogen and oxygen atoms in total. The van der Waals surface area contributed by atoms with Gasteiger partial charge in [0.15, 0.2) is 5.15 Å². The normalized spacial score (nSPS) is 16.9. The minimum atomic E-state index is -0.640. The van der Waals surface area contributed by atoms with E-state index in [1.165, 1.54) is 27.7 Å². The van der Waals surface area contributed by atoms with Crippen molar-refractivity contribution in [2.24, 2.45) is 5.92 Å². The highest BCUT2D eigenvalue weighted by Gasteiger charge is 2.25. The van der Waals surface area contributed by atoms with Gasteiger partial charge in [0, 0.05) is 53.2 Å². The van der Waals surface area contributed by atoms with Crippen molar-refractivity contribution in [1.29, 1.82) is 0 Å². The maximum Gasteiger partial charge on any atom is 0.251 e. The molecule has 4 aromatic heterocycles. The van der Waals surface area contributed by atoms with Gasteiger partial charge in [-0.3, -0.25) is 19.3 Å². The number of carbonyl (C=O) groups excluding carboxylic acids is 1. The third kappa shape index (κ3) is 6.26. The number of aromatic nitrogens is 7. The lowest BCUT2D eigenvalue weighted by Crippen LogP contribution is -2.27. The van der Waals surface area contributed by atoms with Crippen molar-refractivity contribution in [1.82, 2.24) is 34.3 Å². The zero-order valence-electron chi connectivity index (χ0n) is 24.5. The number of rotatable bonds is 6. The van der Waals surface area contributed by atoms with Crippen molar-refractivity contribution in [3.05, 3.63) is 93.2 Å². The topological polar surface area (TPSA) is 122 Å². The van der Waals surface area contributed by atoms with Gasteiger partial charge in [0.1, 0.15) is 5.82 Å². The Morgan fingerprint density at radius 2 is 1.93 bits per heavy atom. The molecule has 6 rings (SSSR count). The second-order valence-corrected chi connectivity index (χ2v) is 11.7. The monoisotopic (exact) mass is 650 g/mol. The highest BCUT2D eigenvalue weighted by atomic mass is 35.5. The molecule has 232 valence electrons. The minimum Gasteiger partial charge on any atom is -0.383 e. The van der Waals surface area contributed by atoms with Gasteiger partial charge < -0.3 is 14.6 Å². The lowest BCUT2D eigenvalue weighted by molar-refractivity contribution is -0.119. The minimum absolute atomic E-state index is 0.0483. The van der Waals surface area contributed by atoms with Gasteiger partial charge in [-0.1, -0.05) is 41.8 Å². The molecule has 5 aromatic rings. The summed E-state index contributed by atoms with van der Waals surface area (Å²) in [5.41, 5.74) is 2.98. The molecule has 0 radical (unpaired) electrons. The number of hydrogen-bond donors (Lipinski definition) is 1. The quantitative estimate of drug-likeness (QED) is 0.247. The molecule has 14 heteroatoms. The van der Waals surface area contributed by atoms with E-state index >= 15 is 4.39 Å². The van der Waals surface area contributed by atoms with E-state index in [0.717, 1.165) is 5.56 Å². The van der Waals surface area contributed by atoms with Crippen LogP contribution in [0, 0.1) is 11.7 Å². The van der Waals surface area contributed by atoms with E-state index in [4.69, 9.17) is 27.9 Å². The number of ether oxygens (including phenoxy) is 1. The molecule has 0 saturated carbocycles. The SMILES string of the molecule is COCCn1ncc2c1-c1ccnc(c1)[C@@H](n1cc(F)c(-c3cc(Cl)ccc3-n3cc(Cl)nn3)cc1=O)CCC[C@@H](C)C(=O)N2. The van der Waals surface area contributed by atoms with Gasteiger partial charge >= 0.3 is 0 Å². The number of pyridine rings is 2. The van der Waals surface area contributed by atoms with Crippen LogP contribution in [-0.4, -0.2) is 53.9 Å². The molecule has 0 unspecified atom stereocenters. The average Bonchev–Trinajstić information content (AvgIpc) is 3.64. The molecule has 1 amide bonds. The lowest BCUT2D eigenvalue weighted by Gasteiger charge is -2.23. The number of nitrogens with zero attached hydrogens (tertiary/aromatic N) is 7. The summed E-state index contributed by atoms with van der Waals surface area (Å²) in [6.07, 6.45) is 7.53. The number of hydrogen-bond acceptors (Lipinski definition) is 7. The van der Waals surface area contributed by atoms with Crippen molar-refractivity contribution in [3.8, 4) is 28.1 Å². The number of benzene rings is 1. The van der Waals surface area contributed by atoms with Crippen LogP contribution in [0.2, 0.25) is 10.2 Å². The second-order valence-electron chi connectivity index (χ2n) is 10.9. The number of methoxy groups -OCH3 is 1. The standard InChI is InChI=1S/C31H29Cl2FN8O3/c1-18-4-3-5-27(24-12-19(8-9-35-24)30-25(37-31(18)44)15-36-41(30)10-11-45-2)40-16-23(34)21(14-29(40)43)22-13-20(32)6-7-26(22)42-17-28(33)38-39-42/h6-9,12-18,27H,3-5,10-11H2,1-2H3,(H,37,44)/t18-,27+/m1/s1. The summed E-state index contributed by atoms with van der Waals surface area (Å²) in [6.45, 7) is 2.73. The molecule has 0 spiro atoms. The maximum absolute atomic E-state index is 16.1. The van der Waals surface area contributed by atoms with E-state index in [1.807, 2.05) is 19.1 Å². The van der Waals surface area contributed by atoms with Crippen LogP contribution >= 0.6 is 23.2 Å². The Hall–Kier alpha value is -4.39. The van der Waals surface area contributed by atoms with Crippen LogP contribution in [0.5, 0.6) is 0 Å². The summed E-state index contributed by atoms with van der Waals surface area (Å²) in [5.74, 6) is -1.08. The molecule has 0 saturated heterocycles. The van der Waals surface area contributed by atoms with Crippen molar-refractivity contribution in [3.63, 3.8) is 0 Å². The van der Waals surface area contributed by atoms with Crippen LogP contribution in [-0.2, 0) is 16.1 Å². The van der Waals surface area contributed by atoms with Gasteiger partial charge in [0.05, 0.1) is 54.3 Å². The predicted molar refractivity (Wildman–Crippen MR) is 168 cm³/mol. The van der Waals surface area contributed by atoms with Gasteiger partial charge in [-0.15, -0.1) is 5.10 Å². The summed E-state index contributed by atoms with van der Waals surface area (Å²) in [7, 11) is 1.61. The molecule has 2 bridgehead atoms. The Kier molecular flexibility index (Phi) is 8.79. The third-order valence-corrected chi connectivity index (χ3v) is 8.30. The van der Waals surface area contributed by atoms with Crippen LogP contribution in [0.3, 0.4) is 0 Å². The highest BCUT2D eigenvalue weighted by molar-refractivity contribution is 6.31. The second kappa shape index (κ2) is 12.9. The smallest absolute Gasteiger partial charge is 0.251 e. The van der Waals surface area contributed by atoms with Gasteiger partial charge in [-0.25, -0.2) is 9.07 Å². The van der Waals surface area contributed by atoms with Crippen molar-refractivity contribution in [2.45, 2.75) is 38.8 Å². The first kappa shape index (κ1) is 30.6. The molecule has 1 aromatic carbocycles. The van der Waals surface area contributed by atoms with Crippen LogP contribution < -0.4 is 10.9 Å². The zero-order chi connectivity index (χ0) is 31.7. The molecule has 45 heavy (non-hydrogen) atoms. The summed E-state index contributed by atoms with van der Waals surface area (Å²) < 4.78 is 25.9. The molecule has 1 N–H and O–H groups in total. The van der Waals surface area contributed by atoms with E-state index in [9.17, 15) is 9.59 Å². The highest BCUT2D eigenvalue weighted by Crippen LogP contribution is 2.35. The van der Waals surface area contributed by atoms with Crippen molar-refractivity contribution >= 4 is 34.8 Å². The summed E-state index contributed by atoms with van der Waals surface area (Å²) in [4.78, 5) is 31.5. The Labute approximate surface area is 267 Å². The van der Waals surface area contributed by atoms with Crippen LogP contribution in [0.15, 0.2) is 66.0 Å². The molecular formula is C31H29Cl2FN8O3. The van der Waals surface area contributed by atoms with E-state index in [2.05, 4.69) is 25.7 Å². The molecule has 1 aliphatic rings. The van der Waals surface area contributed by atoms with Gasteiger partial charge in [-0.2, -0.15) is 5.10 Å². The fourth-order valence-electron chi connectivity index (χ4n) is 5.60. The Balaban J connectivity index is 1.46. The number of anilines is 1. The lowest BCUT2D eigenvalue weighted by atomic mass is 9.96. The maximum atomic E-state index is 16.1. The number of halogens is 3. The Morgan fingerprint density at radius 3 is 2.71 bits per heavy atom. The third-order valence-electron chi connectivity index (χ3n) is 7.89. The fraction of sp³-hybridized carbons (Fsp3) is 0.290. The average molecular weight is 652 g/mol. The molecule has 1 aliphatic heterocycles. The van der Waals surface area contributed by atoms with Gasteiger partial charge in [0.25, 0.3) is 5.56 Å². The number of carbonyl (C=O) groups is 1. The summed E-state index contributed by atoms with van der Waals surface area (Å²) >= 11 is 12.3. The number of amides is 1. The van der Waals surface area contributed by atoms with E-state index < -0.39 is 17.4 Å². The van der Waals surface area contributed by atoms with Crippen LogP contribution in [0.25, 0.3) is 28.1 Å². The zero-order valence-corrected chi connectivity index (χ0v) is 26.0. The van der Waals surface area contributed by atoms with Crippen molar-refractivity contribution in [2.75, 3.05) is 19.0 Å². The number of fused-ring (bicyclic) bond motifs is 4.